The number of rotatable bonds is 7. The number of hydrogen-bond donors (Lipinski definition) is 2. The number of hydrogen-bond acceptors (Lipinski definition) is 3. The Morgan fingerprint density at radius 3 is 2.38 bits per heavy atom. The van der Waals surface area contributed by atoms with Gasteiger partial charge in [0.25, 0.3) is 15.9 Å². The van der Waals surface area contributed by atoms with Gasteiger partial charge in [0.1, 0.15) is 0 Å². The molecule has 0 spiro atoms. The van der Waals surface area contributed by atoms with Gasteiger partial charge in [0, 0.05) is 11.6 Å². The van der Waals surface area contributed by atoms with Crippen LogP contribution in [-0.2, 0) is 10.0 Å². The zero-order valence-corrected chi connectivity index (χ0v) is 16.6. The summed E-state index contributed by atoms with van der Waals surface area (Å²) in [7, 11) is -3.75. The molecule has 0 unspecified atom stereocenters. The average Bonchev–Trinajstić information content (AvgIpc) is 2.57. The standard InChI is InChI=1S/C19H23ClN2O3S/c1-4-5-14(3)21-19(23)15-8-11-18(17(20)12-15)22-26(24,25)16-9-6-13(2)7-10-16/h6-12,14,22H,4-5H2,1-3H3,(H,21,23)/t14-/m1/s1. The van der Waals surface area contributed by atoms with E-state index >= 15 is 0 Å². The normalized spacial score (nSPS) is 12.5. The first-order valence-electron chi connectivity index (χ1n) is 8.43. The fraction of sp³-hybridized carbons (Fsp3) is 0.316. The van der Waals surface area contributed by atoms with Gasteiger partial charge in [-0.15, -0.1) is 0 Å². The molecule has 5 nitrogen and oxygen atoms in total. The van der Waals surface area contributed by atoms with E-state index in [0.29, 0.717) is 5.56 Å². The molecule has 0 aliphatic heterocycles. The van der Waals surface area contributed by atoms with E-state index in [2.05, 4.69) is 17.0 Å². The van der Waals surface area contributed by atoms with E-state index in [4.69, 9.17) is 11.6 Å². The third kappa shape index (κ3) is 5.22. The molecule has 2 aromatic rings. The van der Waals surface area contributed by atoms with Crippen LogP contribution in [-0.4, -0.2) is 20.4 Å². The van der Waals surface area contributed by atoms with Crippen LogP contribution in [0.5, 0.6) is 0 Å². The molecule has 0 fully saturated rings. The van der Waals surface area contributed by atoms with Crippen molar-refractivity contribution in [2.45, 2.75) is 44.6 Å². The Morgan fingerprint density at radius 1 is 1.15 bits per heavy atom. The van der Waals surface area contributed by atoms with E-state index < -0.39 is 10.0 Å². The highest BCUT2D eigenvalue weighted by molar-refractivity contribution is 7.92. The zero-order valence-electron chi connectivity index (χ0n) is 15.0. The molecular formula is C19H23ClN2O3S. The van der Waals surface area contributed by atoms with Gasteiger partial charge in [-0.25, -0.2) is 8.42 Å². The summed E-state index contributed by atoms with van der Waals surface area (Å²) in [5.74, 6) is -0.235. The number of halogens is 1. The van der Waals surface area contributed by atoms with Gasteiger partial charge in [-0.3, -0.25) is 9.52 Å². The maximum atomic E-state index is 12.5. The average molecular weight is 395 g/mol. The number of nitrogens with one attached hydrogen (secondary N) is 2. The van der Waals surface area contributed by atoms with Crippen LogP contribution in [0.2, 0.25) is 5.02 Å². The predicted octanol–water partition coefficient (Wildman–Crippen LogP) is 4.37. The topological polar surface area (TPSA) is 75.3 Å². The van der Waals surface area contributed by atoms with Crippen molar-refractivity contribution in [1.82, 2.24) is 5.32 Å². The Morgan fingerprint density at radius 2 is 1.81 bits per heavy atom. The summed E-state index contributed by atoms with van der Waals surface area (Å²) < 4.78 is 27.4. The van der Waals surface area contributed by atoms with Crippen LogP contribution in [0.15, 0.2) is 47.4 Å². The molecule has 0 saturated carbocycles. The summed E-state index contributed by atoms with van der Waals surface area (Å²) >= 11 is 6.18. The van der Waals surface area contributed by atoms with Crippen LogP contribution < -0.4 is 10.0 Å². The largest absolute Gasteiger partial charge is 0.350 e. The minimum absolute atomic E-state index is 0.0611. The third-order valence-corrected chi connectivity index (χ3v) is 5.60. The first-order chi connectivity index (χ1) is 12.2. The first-order valence-corrected chi connectivity index (χ1v) is 10.3. The fourth-order valence-electron chi connectivity index (χ4n) is 2.47. The molecule has 1 atom stereocenters. The molecule has 0 heterocycles. The summed E-state index contributed by atoms with van der Waals surface area (Å²) in [6, 6.07) is 11.1. The molecule has 0 saturated heterocycles. The van der Waals surface area contributed by atoms with Crippen LogP contribution in [0.1, 0.15) is 42.6 Å². The lowest BCUT2D eigenvalue weighted by Crippen LogP contribution is -2.32. The monoisotopic (exact) mass is 394 g/mol. The number of benzene rings is 2. The maximum absolute atomic E-state index is 12.5. The molecule has 2 aromatic carbocycles. The Bertz CT molecular complexity index is 880. The second kappa shape index (κ2) is 8.56. The fourth-order valence-corrected chi connectivity index (χ4v) is 3.84. The second-order valence-corrected chi connectivity index (χ2v) is 8.37. The van der Waals surface area contributed by atoms with E-state index in [-0.39, 0.29) is 27.6 Å². The number of anilines is 1. The second-order valence-electron chi connectivity index (χ2n) is 6.28. The minimum atomic E-state index is -3.75. The molecule has 26 heavy (non-hydrogen) atoms. The molecular weight excluding hydrogens is 372 g/mol. The van der Waals surface area contributed by atoms with Crippen LogP contribution >= 0.6 is 11.6 Å². The predicted molar refractivity (Wildman–Crippen MR) is 105 cm³/mol. The SMILES string of the molecule is CCC[C@@H](C)NC(=O)c1ccc(NS(=O)(=O)c2ccc(C)cc2)c(Cl)c1. The number of carbonyl (C=O) groups excluding carboxylic acids is 1. The molecule has 0 aliphatic carbocycles. The van der Waals surface area contributed by atoms with Crippen LogP contribution in [0.4, 0.5) is 5.69 Å². The Hall–Kier alpha value is -2.05. The van der Waals surface area contributed by atoms with Gasteiger partial charge in [-0.1, -0.05) is 42.6 Å². The minimum Gasteiger partial charge on any atom is -0.350 e. The van der Waals surface area contributed by atoms with Crippen molar-refractivity contribution in [3.8, 4) is 0 Å². The molecule has 1 amide bonds. The highest BCUT2D eigenvalue weighted by atomic mass is 35.5. The maximum Gasteiger partial charge on any atom is 0.261 e. The van der Waals surface area contributed by atoms with Gasteiger partial charge in [0.05, 0.1) is 15.6 Å². The summed E-state index contributed by atoms with van der Waals surface area (Å²) in [5, 5.41) is 3.05. The number of aryl methyl sites for hydroxylation is 1. The number of sulfonamides is 1. The molecule has 7 heteroatoms. The molecule has 2 N–H and O–H groups in total. The lowest BCUT2D eigenvalue weighted by atomic mass is 10.1. The lowest BCUT2D eigenvalue weighted by molar-refractivity contribution is 0.0938. The smallest absolute Gasteiger partial charge is 0.261 e. The molecule has 0 aliphatic rings. The Kier molecular flexibility index (Phi) is 6.67. The summed E-state index contributed by atoms with van der Waals surface area (Å²) in [4.78, 5) is 12.4. The lowest BCUT2D eigenvalue weighted by Gasteiger charge is -2.14. The third-order valence-electron chi connectivity index (χ3n) is 3.91. The highest BCUT2D eigenvalue weighted by Gasteiger charge is 2.17. The molecule has 2 rings (SSSR count). The quantitative estimate of drug-likeness (QED) is 0.732. The highest BCUT2D eigenvalue weighted by Crippen LogP contribution is 2.26. The zero-order chi connectivity index (χ0) is 19.3. The first kappa shape index (κ1) is 20.3. The van der Waals surface area contributed by atoms with Gasteiger partial charge in [0.15, 0.2) is 0 Å². The van der Waals surface area contributed by atoms with Gasteiger partial charge in [-0.05, 0) is 50.6 Å². The molecule has 140 valence electrons. The van der Waals surface area contributed by atoms with E-state index in [0.717, 1.165) is 18.4 Å². The van der Waals surface area contributed by atoms with Crippen molar-refractivity contribution in [2.24, 2.45) is 0 Å². The van der Waals surface area contributed by atoms with Crippen molar-refractivity contribution in [1.29, 1.82) is 0 Å². The van der Waals surface area contributed by atoms with Crippen molar-refractivity contribution < 1.29 is 13.2 Å². The van der Waals surface area contributed by atoms with E-state index in [9.17, 15) is 13.2 Å². The summed E-state index contributed by atoms with van der Waals surface area (Å²) in [5.41, 5.74) is 1.58. The van der Waals surface area contributed by atoms with Gasteiger partial charge >= 0.3 is 0 Å². The van der Waals surface area contributed by atoms with E-state index in [1.165, 1.54) is 24.3 Å². The molecule has 0 aromatic heterocycles. The number of carbonyl (C=O) groups is 1. The Labute approximate surface area is 159 Å². The summed E-state index contributed by atoms with van der Waals surface area (Å²) in [6.45, 7) is 5.87. The summed E-state index contributed by atoms with van der Waals surface area (Å²) in [6.07, 6.45) is 1.86. The van der Waals surface area contributed by atoms with Crippen molar-refractivity contribution in [3.63, 3.8) is 0 Å². The van der Waals surface area contributed by atoms with E-state index in [1.807, 2.05) is 13.8 Å². The molecule has 0 radical (unpaired) electrons. The van der Waals surface area contributed by atoms with Gasteiger partial charge < -0.3 is 5.32 Å². The van der Waals surface area contributed by atoms with Crippen molar-refractivity contribution in [3.05, 3.63) is 58.6 Å². The van der Waals surface area contributed by atoms with Crippen LogP contribution in [0, 0.1) is 6.92 Å². The van der Waals surface area contributed by atoms with Crippen molar-refractivity contribution in [2.75, 3.05) is 4.72 Å². The number of amides is 1. The molecule has 0 bridgehead atoms. The van der Waals surface area contributed by atoms with Crippen LogP contribution in [0.25, 0.3) is 0 Å². The Balaban J connectivity index is 2.16. The van der Waals surface area contributed by atoms with Crippen molar-refractivity contribution >= 4 is 33.2 Å². The van der Waals surface area contributed by atoms with E-state index in [1.54, 1.807) is 18.2 Å². The van der Waals surface area contributed by atoms with Gasteiger partial charge in [-0.2, -0.15) is 0 Å². The van der Waals surface area contributed by atoms with Crippen LogP contribution in [0.3, 0.4) is 0 Å². The van der Waals surface area contributed by atoms with Gasteiger partial charge in [0.2, 0.25) is 0 Å².